The molecule has 22 heavy (non-hydrogen) atoms. The summed E-state index contributed by atoms with van der Waals surface area (Å²) in [4.78, 5) is 24.7. The second kappa shape index (κ2) is 6.04. The van der Waals surface area contributed by atoms with Crippen LogP contribution in [0.15, 0.2) is 18.3 Å². The lowest BCUT2D eigenvalue weighted by Gasteiger charge is -2.30. The van der Waals surface area contributed by atoms with Crippen molar-refractivity contribution in [3.8, 4) is 11.5 Å². The number of aromatic amines is 1. The van der Waals surface area contributed by atoms with Gasteiger partial charge in [-0.3, -0.25) is 4.79 Å². The van der Waals surface area contributed by atoms with Gasteiger partial charge in [0.25, 0.3) is 0 Å². The van der Waals surface area contributed by atoms with Gasteiger partial charge in [0, 0.05) is 25.9 Å². The Morgan fingerprint density at radius 2 is 2.14 bits per heavy atom. The minimum atomic E-state index is -0.391. The van der Waals surface area contributed by atoms with Gasteiger partial charge >= 0.3 is 0 Å². The van der Waals surface area contributed by atoms with Gasteiger partial charge in [-0.2, -0.15) is 0 Å². The lowest BCUT2D eigenvalue weighted by molar-refractivity contribution is -0.129. The number of likely N-dealkylation sites (tertiary alicyclic amines) is 1. The van der Waals surface area contributed by atoms with Gasteiger partial charge in [-0.25, -0.2) is 14.4 Å². The summed E-state index contributed by atoms with van der Waals surface area (Å²) >= 11 is 6.23. The summed E-state index contributed by atoms with van der Waals surface area (Å²) < 4.78 is 12.9. The number of nitrogens with zero attached hydrogens (tertiary/aromatic N) is 3. The Morgan fingerprint density at radius 3 is 2.73 bits per heavy atom. The molecule has 3 heterocycles. The van der Waals surface area contributed by atoms with E-state index in [4.69, 9.17) is 11.6 Å². The van der Waals surface area contributed by atoms with E-state index in [-0.39, 0.29) is 11.8 Å². The van der Waals surface area contributed by atoms with Crippen LogP contribution in [0.1, 0.15) is 31.4 Å². The molecule has 116 valence electrons. The summed E-state index contributed by atoms with van der Waals surface area (Å²) in [5, 5.41) is 0.419. The number of carbonyl (C=O) groups is 1. The van der Waals surface area contributed by atoms with E-state index in [2.05, 4.69) is 15.0 Å². The second-order valence-electron chi connectivity index (χ2n) is 5.43. The van der Waals surface area contributed by atoms with Crippen molar-refractivity contribution in [2.45, 2.75) is 25.7 Å². The smallest absolute Gasteiger partial charge is 0.219 e. The third kappa shape index (κ3) is 2.97. The van der Waals surface area contributed by atoms with Gasteiger partial charge in [-0.15, -0.1) is 0 Å². The molecule has 7 heteroatoms. The van der Waals surface area contributed by atoms with Crippen LogP contribution in [0.5, 0.6) is 0 Å². The van der Waals surface area contributed by atoms with E-state index in [9.17, 15) is 9.18 Å². The molecule has 1 N–H and O–H groups in total. The van der Waals surface area contributed by atoms with Gasteiger partial charge in [0.05, 0.1) is 11.9 Å². The van der Waals surface area contributed by atoms with Gasteiger partial charge in [0.2, 0.25) is 5.91 Å². The zero-order chi connectivity index (χ0) is 15.7. The van der Waals surface area contributed by atoms with Crippen LogP contribution in [0.2, 0.25) is 5.15 Å². The SMILES string of the molecule is CC(=O)N1CCC(c2[nH]c(-c3ccc(F)cn3)nc2Cl)CC1. The highest BCUT2D eigenvalue weighted by Crippen LogP contribution is 2.32. The molecule has 0 spiro atoms. The number of rotatable bonds is 2. The fourth-order valence-corrected chi connectivity index (χ4v) is 3.04. The van der Waals surface area contributed by atoms with Crippen LogP contribution in [0.3, 0.4) is 0 Å². The van der Waals surface area contributed by atoms with E-state index in [0.717, 1.165) is 37.8 Å². The molecule has 1 saturated heterocycles. The highest BCUT2D eigenvalue weighted by atomic mass is 35.5. The van der Waals surface area contributed by atoms with Crippen LogP contribution >= 0.6 is 11.6 Å². The van der Waals surface area contributed by atoms with Crippen molar-refractivity contribution in [1.29, 1.82) is 0 Å². The van der Waals surface area contributed by atoms with E-state index in [0.29, 0.717) is 16.7 Å². The highest BCUT2D eigenvalue weighted by molar-refractivity contribution is 6.30. The number of halogens is 2. The Morgan fingerprint density at radius 1 is 1.41 bits per heavy atom. The molecule has 0 saturated carbocycles. The molecule has 0 unspecified atom stereocenters. The van der Waals surface area contributed by atoms with Crippen molar-refractivity contribution in [2.24, 2.45) is 0 Å². The van der Waals surface area contributed by atoms with E-state index in [1.807, 2.05) is 4.90 Å². The lowest BCUT2D eigenvalue weighted by Crippen LogP contribution is -2.36. The summed E-state index contributed by atoms with van der Waals surface area (Å²) in [5.41, 5.74) is 1.42. The molecule has 1 fully saturated rings. The van der Waals surface area contributed by atoms with Crippen LogP contribution in [0.4, 0.5) is 4.39 Å². The molecule has 3 rings (SSSR count). The highest BCUT2D eigenvalue weighted by Gasteiger charge is 2.26. The van der Waals surface area contributed by atoms with Crippen molar-refractivity contribution >= 4 is 17.5 Å². The molecule has 1 aliphatic heterocycles. The number of imidazole rings is 1. The molecule has 0 bridgehead atoms. The first-order valence-electron chi connectivity index (χ1n) is 7.17. The van der Waals surface area contributed by atoms with Gasteiger partial charge in [0.1, 0.15) is 11.5 Å². The van der Waals surface area contributed by atoms with Gasteiger partial charge in [-0.05, 0) is 25.0 Å². The van der Waals surface area contributed by atoms with Crippen molar-refractivity contribution in [1.82, 2.24) is 19.9 Å². The minimum absolute atomic E-state index is 0.102. The first kappa shape index (κ1) is 15.0. The number of piperidine rings is 1. The van der Waals surface area contributed by atoms with E-state index in [1.165, 1.54) is 6.07 Å². The van der Waals surface area contributed by atoms with E-state index < -0.39 is 5.82 Å². The summed E-state index contributed by atoms with van der Waals surface area (Å²) in [6, 6.07) is 2.90. The number of nitrogens with one attached hydrogen (secondary N) is 1. The Kier molecular flexibility index (Phi) is 4.11. The van der Waals surface area contributed by atoms with Crippen LogP contribution in [-0.2, 0) is 4.79 Å². The molecule has 2 aromatic rings. The zero-order valence-electron chi connectivity index (χ0n) is 12.1. The number of amides is 1. The van der Waals surface area contributed by atoms with Gasteiger partial charge in [-0.1, -0.05) is 11.6 Å². The first-order chi connectivity index (χ1) is 10.5. The van der Waals surface area contributed by atoms with Crippen molar-refractivity contribution < 1.29 is 9.18 Å². The summed E-state index contributed by atoms with van der Waals surface area (Å²) in [6.45, 7) is 3.03. The number of aromatic nitrogens is 3. The maximum atomic E-state index is 12.9. The maximum absolute atomic E-state index is 12.9. The predicted octanol–water partition coefficient (Wildman–Crippen LogP) is 2.99. The van der Waals surface area contributed by atoms with Gasteiger partial charge < -0.3 is 9.88 Å². The molecule has 2 aromatic heterocycles. The predicted molar refractivity (Wildman–Crippen MR) is 81.0 cm³/mol. The quantitative estimate of drug-likeness (QED) is 0.924. The van der Waals surface area contributed by atoms with Gasteiger partial charge in [0.15, 0.2) is 11.0 Å². The third-order valence-corrected chi connectivity index (χ3v) is 4.29. The normalized spacial score (nSPS) is 16.0. The Bertz CT molecular complexity index is 677. The van der Waals surface area contributed by atoms with Crippen molar-refractivity contribution in [3.63, 3.8) is 0 Å². The minimum Gasteiger partial charge on any atom is -0.343 e. The monoisotopic (exact) mass is 322 g/mol. The first-order valence-corrected chi connectivity index (χ1v) is 7.55. The van der Waals surface area contributed by atoms with E-state index >= 15 is 0 Å². The molecular formula is C15H16ClFN4O. The topological polar surface area (TPSA) is 61.9 Å². The fraction of sp³-hybridized carbons (Fsp3) is 0.400. The Hall–Kier alpha value is -1.95. The molecule has 0 aromatic carbocycles. The van der Waals surface area contributed by atoms with Crippen LogP contribution in [0.25, 0.3) is 11.5 Å². The Balaban J connectivity index is 1.78. The molecular weight excluding hydrogens is 307 g/mol. The average molecular weight is 323 g/mol. The molecule has 1 aliphatic rings. The molecule has 5 nitrogen and oxygen atoms in total. The number of pyridine rings is 1. The summed E-state index contributed by atoms with van der Waals surface area (Å²) in [7, 11) is 0. The fourth-order valence-electron chi connectivity index (χ4n) is 2.76. The molecule has 0 radical (unpaired) electrons. The summed E-state index contributed by atoms with van der Waals surface area (Å²) in [6.07, 6.45) is 2.84. The van der Waals surface area contributed by atoms with E-state index in [1.54, 1.807) is 13.0 Å². The number of H-pyrrole nitrogens is 1. The molecule has 0 atom stereocenters. The standard InChI is InChI=1S/C15H16ClFN4O/c1-9(22)21-6-4-10(5-7-21)13-14(16)20-15(19-13)12-3-2-11(17)8-18-12/h2-3,8,10H,4-7H2,1H3,(H,19,20). The van der Waals surface area contributed by atoms with Crippen molar-refractivity contribution in [3.05, 3.63) is 35.0 Å². The zero-order valence-corrected chi connectivity index (χ0v) is 12.9. The van der Waals surface area contributed by atoms with Crippen LogP contribution < -0.4 is 0 Å². The summed E-state index contributed by atoms with van der Waals surface area (Å²) in [5.74, 6) is 0.488. The molecule has 1 amide bonds. The average Bonchev–Trinajstić information content (AvgIpc) is 2.90. The number of hydrogen-bond donors (Lipinski definition) is 1. The van der Waals surface area contributed by atoms with Crippen molar-refractivity contribution in [2.75, 3.05) is 13.1 Å². The number of carbonyl (C=O) groups excluding carboxylic acids is 1. The maximum Gasteiger partial charge on any atom is 0.219 e. The lowest BCUT2D eigenvalue weighted by atomic mass is 9.94. The Labute approximate surface area is 132 Å². The number of hydrogen-bond acceptors (Lipinski definition) is 3. The molecule has 0 aliphatic carbocycles. The largest absolute Gasteiger partial charge is 0.343 e. The van der Waals surface area contributed by atoms with Crippen LogP contribution in [0, 0.1) is 5.82 Å². The third-order valence-electron chi connectivity index (χ3n) is 4.00. The van der Waals surface area contributed by atoms with Crippen LogP contribution in [-0.4, -0.2) is 38.8 Å². The second-order valence-corrected chi connectivity index (χ2v) is 5.79.